The van der Waals surface area contributed by atoms with Gasteiger partial charge in [-0.15, -0.1) is 11.3 Å². The van der Waals surface area contributed by atoms with E-state index >= 15 is 0 Å². The van der Waals surface area contributed by atoms with Crippen molar-refractivity contribution in [3.63, 3.8) is 0 Å². The summed E-state index contributed by atoms with van der Waals surface area (Å²) in [5, 5.41) is 3.79. The number of fused-ring (bicyclic) bond motifs is 1. The molecule has 0 bridgehead atoms. The number of thiazole rings is 1. The molecule has 142 valence electrons. The van der Waals surface area contributed by atoms with Crippen molar-refractivity contribution in [1.29, 1.82) is 0 Å². The Morgan fingerprint density at radius 3 is 2.75 bits per heavy atom. The molecule has 4 rings (SSSR count). The van der Waals surface area contributed by atoms with E-state index in [9.17, 15) is 4.79 Å². The lowest BCUT2D eigenvalue weighted by Gasteiger charge is -2.12. The van der Waals surface area contributed by atoms with Gasteiger partial charge >= 0.3 is 0 Å². The van der Waals surface area contributed by atoms with Crippen molar-refractivity contribution in [1.82, 2.24) is 4.98 Å². The molecule has 0 radical (unpaired) electrons. The van der Waals surface area contributed by atoms with Crippen molar-refractivity contribution in [2.45, 2.75) is 26.9 Å². The van der Waals surface area contributed by atoms with E-state index in [1.807, 2.05) is 49.6 Å². The van der Waals surface area contributed by atoms with Gasteiger partial charge in [0, 0.05) is 27.7 Å². The first-order valence-corrected chi connectivity index (χ1v) is 10.2. The maximum atomic E-state index is 13.0. The molecule has 4 aromatic rings. The summed E-state index contributed by atoms with van der Waals surface area (Å²) in [6.45, 7) is 4.28. The van der Waals surface area contributed by atoms with Gasteiger partial charge in [0.2, 0.25) is 5.43 Å². The van der Waals surface area contributed by atoms with Crippen LogP contribution in [0.4, 0.5) is 0 Å². The van der Waals surface area contributed by atoms with Gasteiger partial charge in [-0.3, -0.25) is 4.79 Å². The third kappa shape index (κ3) is 3.55. The van der Waals surface area contributed by atoms with Crippen LogP contribution in [0.15, 0.2) is 57.3 Å². The Balaban J connectivity index is 1.73. The second kappa shape index (κ2) is 7.78. The van der Waals surface area contributed by atoms with E-state index in [2.05, 4.69) is 4.98 Å². The second-order valence-corrected chi connectivity index (χ2v) is 7.73. The fourth-order valence-corrected chi connectivity index (χ4v) is 4.00. The third-order valence-electron chi connectivity index (χ3n) is 4.53. The Labute approximate surface area is 171 Å². The van der Waals surface area contributed by atoms with Crippen molar-refractivity contribution in [3.05, 3.63) is 80.1 Å². The number of ether oxygens (including phenoxy) is 1. The lowest BCUT2D eigenvalue weighted by molar-refractivity contribution is 0.303. The SMILES string of the molecule is CCc1cc2c(=O)c(-c3nc(C)cs3)coc2cc1OCc1ccccc1Cl. The average Bonchev–Trinajstić information content (AvgIpc) is 3.13. The minimum Gasteiger partial charge on any atom is -0.488 e. The van der Waals surface area contributed by atoms with Gasteiger partial charge in [0.05, 0.1) is 10.9 Å². The predicted octanol–water partition coefficient (Wildman–Crippen LogP) is 6.02. The monoisotopic (exact) mass is 411 g/mol. The molecule has 0 fully saturated rings. The molecule has 6 heteroatoms. The van der Waals surface area contributed by atoms with Gasteiger partial charge in [0.25, 0.3) is 0 Å². The number of nitrogens with zero attached hydrogens (tertiary/aromatic N) is 1. The van der Waals surface area contributed by atoms with E-state index in [1.54, 1.807) is 6.07 Å². The molecule has 0 amide bonds. The van der Waals surface area contributed by atoms with Crippen LogP contribution in [0.5, 0.6) is 5.75 Å². The molecule has 0 unspecified atom stereocenters. The maximum Gasteiger partial charge on any atom is 0.202 e. The summed E-state index contributed by atoms with van der Waals surface area (Å²) in [6, 6.07) is 11.2. The Bertz CT molecular complexity index is 1210. The van der Waals surface area contributed by atoms with Crippen LogP contribution < -0.4 is 10.2 Å². The highest BCUT2D eigenvalue weighted by molar-refractivity contribution is 7.13. The van der Waals surface area contributed by atoms with Crippen molar-refractivity contribution in [2.75, 3.05) is 0 Å². The Morgan fingerprint density at radius 2 is 2.04 bits per heavy atom. The predicted molar refractivity (Wildman–Crippen MR) is 113 cm³/mol. The zero-order chi connectivity index (χ0) is 19.7. The van der Waals surface area contributed by atoms with Crippen LogP contribution in [-0.2, 0) is 13.0 Å². The fourth-order valence-electron chi connectivity index (χ4n) is 3.01. The van der Waals surface area contributed by atoms with Crippen molar-refractivity contribution in [2.24, 2.45) is 0 Å². The molecule has 28 heavy (non-hydrogen) atoms. The lowest BCUT2D eigenvalue weighted by Crippen LogP contribution is -2.06. The quantitative estimate of drug-likeness (QED) is 0.403. The summed E-state index contributed by atoms with van der Waals surface area (Å²) in [5.41, 5.74) is 3.63. The topological polar surface area (TPSA) is 52.3 Å². The highest BCUT2D eigenvalue weighted by Gasteiger charge is 2.15. The number of rotatable bonds is 5. The molecule has 0 atom stereocenters. The Hall–Kier alpha value is -2.63. The normalized spacial score (nSPS) is 11.1. The first-order chi connectivity index (χ1) is 13.6. The van der Waals surface area contributed by atoms with Crippen molar-refractivity contribution >= 4 is 33.9 Å². The summed E-state index contributed by atoms with van der Waals surface area (Å²) in [4.78, 5) is 17.4. The van der Waals surface area contributed by atoms with Gasteiger partial charge in [-0.2, -0.15) is 0 Å². The number of halogens is 1. The van der Waals surface area contributed by atoms with Gasteiger partial charge in [0.1, 0.15) is 29.2 Å². The summed E-state index contributed by atoms with van der Waals surface area (Å²) in [5.74, 6) is 0.691. The highest BCUT2D eigenvalue weighted by atomic mass is 35.5. The van der Waals surface area contributed by atoms with E-state index < -0.39 is 0 Å². The fraction of sp³-hybridized carbons (Fsp3) is 0.182. The van der Waals surface area contributed by atoms with E-state index in [-0.39, 0.29) is 5.43 Å². The van der Waals surface area contributed by atoms with E-state index in [0.717, 1.165) is 23.2 Å². The van der Waals surface area contributed by atoms with E-state index in [1.165, 1.54) is 17.6 Å². The molecule has 2 aromatic carbocycles. The molecule has 2 heterocycles. The molecular formula is C22H18ClNO3S. The smallest absolute Gasteiger partial charge is 0.202 e. The number of aromatic nitrogens is 1. The molecule has 0 aliphatic heterocycles. The summed E-state index contributed by atoms with van der Waals surface area (Å²) in [6.07, 6.45) is 2.21. The van der Waals surface area contributed by atoms with Crippen LogP contribution in [0, 0.1) is 6.92 Å². The Morgan fingerprint density at radius 1 is 1.21 bits per heavy atom. The first-order valence-electron chi connectivity index (χ1n) is 8.94. The lowest BCUT2D eigenvalue weighted by atomic mass is 10.1. The van der Waals surface area contributed by atoms with E-state index in [0.29, 0.717) is 38.9 Å². The van der Waals surface area contributed by atoms with Crippen LogP contribution in [0.2, 0.25) is 5.02 Å². The Kier molecular flexibility index (Phi) is 5.20. The summed E-state index contributed by atoms with van der Waals surface area (Å²) >= 11 is 7.65. The zero-order valence-corrected chi connectivity index (χ0v) is 17.1. The third-order valence-corrected chi connectivity index (χ3v) is 5.89. The largest absolute Gasteiger partial charge is 0.488 e. The van der Waals surface area contributed by atoms with Gasteiger partial charge < -0.3 is 9.15 Å². The number of aryl methyl sites for hydroxylation is 2. The van der Waals surface area contributed by atoms with Crippen LogP contribution >= 0.6 is 22.9 Å². The molecule has 0 spiro atoms. The van der Waals surface area contributed by atoms with Gasteiger partial charge in [-0.05, 0) is 31.0 Å². The number of hydrogen-bond acceptors (Lipinski definition) is 5. The highest BCUT2D eigenvalue weighted by Crippen LogP contribution is 2.29. The molecular weight excluding hydrogens is 394 g/mol. The standard InChI is InChI=1S/C22H18ClNO3S/c1-3-14-8-16-20(9-19(14)26-10-15-6-4-5-7-18(15)23)27-11-17(21(16)25)22-24-13(2)12-28-22/h4-9,11-12H,3,10H2,1-2H3. The van der Waals surface area contributed by atoms with Gasteiger partial charge in [-0.25, -0.2) is 4.98 Å². The maximum absolute atomic E-state index is 13.0. The molecule has 0 saturated heterocycles. The molecule has 2 aromatic heterocycles. The molecule has 0 aliphatic rings. The molecule has 0 saturated carbocycles. The van der Waals surface area contributed by atoms with Crippen molar-refractivity contribution < 1.29 is 9.15 Å². The summed E-state index contributed by atoms with van der Waals surface area (Å²) < 4.78 is 11.8. The van der Waals surface area contributed by atoms with E-state index in [4.69, 9.17) is 20.8 Å². The van der Waals surface area contributed by atoms with Gasteiger partial charge in [0.15, 0.2) is 0 Å². The summed E-state index contributed by atoms with van der Waals surface area (Å²) in [7, 11) is 0. The second-order valence-electron chi connectivity index (χ2n) is 6.46. The molecule has 0 N–H and O–H groups in total. The minimum absolute atomic E-state index is 0.0806. The zero-order valence-electron chi connectivity index (χ0n) is 15.5. The first kappa shape index (κ1) is 18.7. The van der Waals surface area contributed by atoms with Crippen LogP contribution in [-0.4, -0.2) is 4.98 Å². The number of hydrogen-bond donors (Lipinski definition) is 0. The average molecular weight is 412 g/mol. The van der Waals surface area contributed by atoms with Crippen LogP contribution in [0.1, 0.15) is 23.7 Å². The molecule has 0 aliphatic carbocycles. The van der Waals surface area contributed by atoms with Gasteiger partial charge in [-0.1, -0.05) is 36.7 Å². The molecule has 4 nitrogen and oxygen atoms in total. The minimum atomic E-state index is -0.0806. The van der Waals surface area contributed by atoms with Crippen LogP contribution in [0.25, 0.3) is 21.5 Å². The van der Waals surface area contributed by atoms with Crippen LogP contribution in [0.3, 0.4) is 0 Å². The van der Waals surface area contributed by atoms with Crippen molar-refractivity contribution in [3.8, 4) is 16.3 Å². The number of benzene rings is 2.